The molecule has 39 heavy (non-hydrogen) atoms. The predicted molar refractivity (Wildman–Crippen MR) is 146 cm³/mol. The van der Waals surface area contributed by atoms with Gasteiger partial charge in [0.25, 0.3) is 5.91 Å². The van der Waals surface area contributed by atoms with Gasteiger partial charge >= 0.3 is 20.2 Å². The van der Waals surface area contributed by atoms with Crippen molar-refractivity contribution in [3.05, 3.63) is 119 Å². The number of hydrogen-bond donors (Lipinski definition) is 1. The van der Waals surface area contributed by atoms with Crippen LogP contribution >= 0.6 is 0 Å². The Morgan fingerprint density at radius 1 is 0.718 bits per heavy atom. The van der Waals surface area contributed by atoms with Crippen LogP contribution in [0.25, 0.3) is 0 Å². The van der Waals surface area contributed by atoms with E-state index in [0.29, 0.717) is 5.56 Å². The molecule has 1 N–H and O–H groups in total. The van der Waals surface area contributed by atoms with Crippen molar-refractivity contribution in [2.45, 2.75) is 23.6 Å². The van der Waals surface area contributed by atoms with Crippen molar-refractivity contribution in [2.24, 2.45) is 5.10 Å². The molecule has 11 heteroatoms. The van der Waals surface area contributed by atoms with E-state index >= 15 is 0 Å². The maximum atomic E-state index is 13.0. The first-order valence-corrected chi connectivity index (χ1v) is 14.4. The fraction of sp³-hybridized carbons (Fsp3) is 0.0714. The second-order valence-electron chi connectivity index (χ2n) is 8.47. The van der Waals surface area contributed by atoms with Gasteiger partial charge in [-0.05, 0) is 62.4 Å². The molecule has 0 heterocycles. The van der Waals surface area contributed by atoms with Gasteiger partial charge in [-0.1, -0.05) is 53.6 Å². The standard InChI is InChI=1S/C28H24N2O7S2/c1-20-8-14-25(15-9-20)38(32,33)36-24-13-12-23(19-29-30-28(31)22-6-4-3-5-7-22)27(18-24)37-39(34,35)26-16-10-21(2)11-17-26/h3-19H,1-2H3,(H,30,31)/b29-19+. The third kappa shape index (κ3) is 7.09. The molecule has 1 amide bonds. The van der Waals surface area contributed by atoms with Crippen molar-refractivity contribution in [3.8, 4) is 11.5 Å². The van der Waals surface area contributed by atoms with Crippen LogP contribution in [0.3, 0.4) is 0 Å². The van der Waals surface area contributed by atoms with E-state index in [-0.39, 0.29) is 26.9 Å². The number of hydrogen-bond acceptors (Lipinski definition) is 8. The monoisotopic (exact) mass is 564 g/mol. The largest absolute Gasteiger partial charge is 0.379 e. The van der Waals surface area contributed by atoms with E-state index in [0.717, 1.165) is 17.2 Å². The zero-order chi connectivity index (χ0) is 28.0. The van der Waals surface area contributed by atoms with E-state index in [2.05, 4.69) is 10.5 Å². The average molecular weight is 565 g/mol. The van der Waals surface area contributed by atoms with Crippen LogP contribution < -0.4 is 13.8 Å². The maximum Gasteiger partial charge on any atom is 0.339 e. The van der Waals surface area contributed by atoms with E-state index in [9.17, 15) is 21.6 Å². The van der Waals surface area contributed by atoms with Crippen LogP contribution in [0.4, 0.5) is 0 Å². The Morgan fingerprint density at radius 2 is 1.26 bits per heavy atom. The van der Waals surface area contributed by atoms with E-state index in [1.54, 1.807) is 54.6 Å². The highest BCUT2D eigenvalue weighted by molar-refractivity contribution is 7.87. The fourth-order valence-corrected chi connectivity index (χ4v) is 5.18. The number of rotatable bonds is 9. The lowest BCUT2D eigenvalue weighted by Gasteiger charge is -2.12. The molecule has 9 nitrogen and oxygen atoms in total. The van der Waals surface area contributed by atoms with E-state index in [1.165, 1.54) is 42.6 Å². The molecule has 0 aliphatic rings. The fourth-order valence-electron chi connectivity index (χ4n) is 3.31. The van der Waals surface area contributed by atoms with Crippen LogP contribution in [0, 0.1) is 13.8 Å². The third-order valence-electron chi connectivity index (χ3n) is 5.42. The molecule has 200 valence electrons. The Hall–Kier alpha value is -4.48. The van der Waals surface area contributed by atoms with Gasteiger partial charge in [0.05, 0.1) is 6.21 Å². The van der Waals surface area contributed by atoms with Crippen LogP contribution in [-0.4, -0.2) is 29.0 Å². The molecule has 4 aromatic carbocycles. The summed E-state index contributed by atoms with van der Waals surface area (Å²) >= 11 is 0. The molecule has 0 aliphatic carbocycles. The van der Waals surface area contributed by atoms with Gasteiger partial charge in [0.1, 0.15) is 15.5 Å². The number of benzene rings is 4. The summed E-state index contributed by atoms with van der Waals surface area (Å²) in [5.41, 5.74) is 4.59. The Labute approximate surface area is 227 Å². The minimum atomic E-state index is -4.31. The molecule has 0 bridgehead atoms. The molecule has 0 saturated carbocycles. The Morgan fingerprint density at radius 3 is 1.82 bits per heavy atom. The smallest absolute Gasteiger partial charge is 0.339 e. The molecule has 0 saturated heterocycles. The second-order valence-corrected chi connectivity index (χ2v) is 11.6. The second kappa shape index (κ2) is 11.5. The van der Waals surface area contributed by atoms with Crippen LogP contribution in [0.15, 0.2) is 112 Å². The average Bonchev–Trinajstić information content (AvgIpc) is 2.90. The minimum absolute atomic E-state index is 0.0721. The maximum absolute atomic E-state index is 13.0. The summed E-state index contributed by atoms with van der Waals surface area (Å²) in [5, 5.41) is 3.89. The number of carbonyl (C=O) groups excluding carboxylic acids is 1. The van der Waals surface area contributed by atoms with Crippen molar-refractivity contribution >= 4 is 32.4 Å². The summed E-state index contributed by atoms with van der Waals surface area (Å²) < 4.78 is 62.1. The Kier molecular flexibility index (Phi) is 8.12. The lowest BCUT2D eigenvalue weighted by molar-refractivity contribution is 0.0955. The van der Waals surface area contributed by atoms with Gasteiger partial charge in [-0.25, -0.2) is 5.43 Å². The Balaban J connectivity index is 1.65. The number of aryl methyl sites for hydroxylation is 2. The lowest BCUT2D eigenvalue weighted by Crippen LogP contribution is -2.17. The van der Waals surface area contributed by atoms with Gasteiger partial charge in [0, 0.05) is 17.2 Å². The highest BCUT2D eigenvalue weighted by Crippen LogP contribution is 2.29. The molecular weight excluding hydrogens is 540 g/mol. The lowest BCUT2D eigenvalue weighted by atomic mass is 10.2. The highest BCUT2D eigenvalue weighted by atomic mass is 32.2. The number of nitrogens with one attached hydrogen (secondary N) is 1. The molecule has 0 radical (unpaired) electrons. The minimum Gasteiger partial charge on any atom is -0.379 e. The topological polar surface area (TPSA) is 128 Å². The first kappa shape index (κ1) is 27.6. The molecule has 4 rings (SSSR count). The first-order chi connectivity index (χ1) is 18.5. The molecule has 0 unspecified atom stereocenters. The SMILES string of the molecule is Cc1ccc(S(=O)(=O)Oc2ccc(/C=N/NC(=O)c3ccccc3)c(OS(=O)(=O)c3ccc(C)cc3)c2)cc1. The van der Waals surface area contributed by atoms with Crippen molar-refractivity contribution < 1.29 is 30.0 Å². The molecule has 0 atom stereocenters. The number of nitrogens with zero attached hydrogens (tertiary/aromatic N) is 1. The zero-order valence-corrected chi connectivity index (χ0v) is 22.6. The van der Waals surface area contributed by atoms with Crippen LogP contribution in [0.2, 0.25) is 0 Å². The van der Waals surface area contributed by atoms with Gasteiger partial charge in [-0.15, -0.1) is 0 Å². The van der Waals surface area contributed by atoms with Crippen molar-refractivity contribution in [1.82, 2.24) is 5.43 Å². The van der Waals surface area contributed by atoms with Crippen LogP contribution in [0.1, 0.15) is 27.0 Å². The van der Waals surface area contributed by atoms with E-state index in [1.807, 2.05) is 13.8 Å². The normalized spacial score (nSPS) is 11.7. The first-order valence-electron chi connectivity index (χ1n) is 11.6. The predicted octanol–water partition coefficient (Wildman–Crippen LogP) is 4.60. The highest BCUT2D eigenvalue weighted by Gasteiger charge is 2.21. The van der Waals surface area contributed by atoms with Crippen LogP contribution in [-0.2, 0) is 20.2 Å². The van der Waals surface area contributed by atoms with Crippen molar-refractivity contribution in [1.29, 1.82) is 0 Å². The van der Waals surface area contributed by atoms with Gasteiger partial charge in [0.15, 0.2) is 5.75 Å². The zero-order valence-electron chi connectivity index (χ0n) is 20.9. The molecular formula is C28H24N2O7S2. The summed E-state index contributed by atoms with van der Waals surface area (Å²) in [6.07, 6.45) is 1.18. The molecule has 0 spiro atoms. The summed E-state index contributed by atoms with van der Waals surface area (Å²) in [5.74, 6) is -0.925. The van der Waals surface area contributed by atoms with Crippen LogP contribution in [0.5, 0.6) is 11.5 Å². The summed E-state index contributed by atoms with van der Waals surface area (Å²) in [4.78, 5) is 12.1. The van der Waals surface area contributed by atoms with Gasteiger partial charge < -0.3 is 8.37 Å². The Bertz CT molecular complexity index is 1720. The quantitative estimate of drug-likeness (QED) is 0.179. The van der Waals surface area contributed by atoms with Crippen molar-refractivity contribution in [3.63, 3.8) is 0 Å². The van der Waals surface area contributed by atoms with Gasteiger partial charge in [-0.3, -0.25) is 4.79 Å². The van der Waals surface area contributed by atoms with Gasteiger partial charge in [-0.2, -0.15) is 21.9 Å². The third-order valence-corrected chi connectivity index (χ3v) is 7.93. The van der Waals surface area contributed by atoms with Gasteiger partial charge in [0.2, 0.25) is 0 Å². The summed E-state index contributed by atoms with van der Waals surface area (Å²) in [6.45, 7) is 3.63. The molecule has 0 aliphatic heterocycles. The molecule has 4 aromatic rings. The summed E-state index contributed by atoms with van der Waals surface area (Å²) in [7, 11) is -8.52. The van der Waals surface area contributed by atoms with E-state index in [4.69, 9.17) is 8.37 Å². The summed E-state index contributed by atoms with van der Waals surface area (Å²) in [6, 6.07) is 24.2. The molecule has 0 aromatic heterocycles. The number of hydrazone groups is 1. The number of amides is 1. The van der Waals surface area contributed by atoms with E-state index < -0.39 is 26.1 Å². The molecule has 0 fully saturated rings. The van der Waals surface area contributed by atoms with Crippen molar-refractivity contribution in [2.75, 3.05) is 0 Å². The number of carbonyl (C=O) groups is 1.